The maximum Gasteiger partial charge on any atom is 0.151 e. The summed E-state index contributed by atoms with van der Waals surface area (Å²) in [5.41, 5.74) is 4.82. The molecule has 1 fully saturated rings. The summed E-state index contributed by atoms with van der Waals surface area (Å²) >= 11 is 0. The lowest BCUT2D eigenvalue weighted by Gasteiger charge is -2.33. The van der Waals surface area contributed by atoms with E-state index in [1.807, 2.05) is 66.2 Å². The van der Waals surface area contributed by atoms with Gasteiger partial charge in [0.05, 0.1) is 37.1 Å². The number of ether oxygens (including phenoxy) is 2. The van der Waals surface area contributed by atoms with E-state index in [2.05, 4.69) is 32.2 Å². The lowest BCUT2D eigenvalue weighted by Crippen LogP contribution is -2.38. The van der Waals surface area contributed by atoms with Gasteiger partial charge in [0.2, 0.25) is 0 Å². The van der Waals surface area contributed by atoms with Gasteiger partial charge in [-0.25, -0.2) is 4.98 Å². The third-order valence-corrected chi connectivity index (χ3v) is 5.68. The highest BCUT2D eigenvalue weighted by molar-refractivity contribution is 5.85. The molecule has 0 spiro atoms. The highest BCUT2D eigenvalue weighted by Gasteiger charge is 2.23. The van der Waals surface area contributed by atoms with Crippen molar-refractivity contribution in [2.75, 3.05) is 31.7 Å². The molecule has 170 valence electrons. The molecule has 2 aromatic carbocycles. The molecule has 0 amide bonds. The summed E-state index contributed by atoms with van der Waals surface area (Å²) in [4.78, 5) is 6.52. The maximum absolute atomic E-state index is 5.97. The number of aryl methyl sites for hydroxylation is 1. The van der Waals surface area contributed by atoms with Gasteiger partial charge in [-0.15, -0.1) is 22.6 Å². The molecule has 33 heavy (non-hydrogen) atoms. The molecule has 0 radical (unpaired) electrons. The average Bonchev–Trinajstić information content (AvgIpc) is 3.30. The maximum atomic E-state index is 5.97. The van der Waals surface area contributed by atoms with Crippen LogP contribution in [0.1, 0.15) is 17.4 Å². The Kier molecular flexibility index (Phi) is 6.91. The van der Waals surface area contributed by atoms with Crippen LogP contribution in [0, 0.1) is 6.92 Å². The van der Waals surface area contributed by atoms with Crippen molar-refractivity contribution in [3.05, 3.63) is 84.4 Å². The van der Waals surface area contributed by atoms with Crippen LogP contribution in [-0.2, 0) is 4.74 Å². The number of imidazole rings is 1. The van der Waals surface area contributed by atoms with Crippen molar-refractivity contribution in [3.63, 3.8) is 0 Å². The predicted molar refractivity (Wildman–Crippen MR) is 130 cm³/mol. The van der Waals surface area contributed by atoms with Gasteiger partial charge < -0.3 is 18.9 Å². The van der Waals surface area contributed by atoms with Crippen molar-refractivity contribution >= 4 is 18.2 Å². The van der Waals surface area contributed by atoms with Crippen molar-refractivity contribution in [2.45, 2.75) is 13.0 Å². The molecule has 1 atom stereocenters. The number of methoxy groups -OCH3 is 1. The van der Waals surface area contributed by atoms with E-state index in [0.717, 1.165) is 47.3 Å². The number of nitrogens with zero attached hydrogens (tertiary/aromatic N) is 5. The van der Waals surface area contributed by atoms with Crippen LogP contribution in [0.5, 0.6) is 5.75 Å². The molecule has 1 saturated heterocycles. The van der Waals surface area contributed by atoms with Gasteiger partial charge in [-0.05, 0) is 36.8 Å². The largest absolute Gasteiger partial charge is 0.495 e. The van der Waals surface area contributed by atoms with Crippen LogP contribution in [0.3, 0.4) is 0 Å². The average molecular weight is 464 g/mol. The van der Waals surface area contributed by atoms with Crippen LogP contribution in [0.25, 0.3) is 16.9 Å². The Morgan fingerprint density at radius 3 is 2.58 bits per heavy atom. The van der Waals surface area contributed by atoms with Crippen LogP contribution in [0.15, 0.2) is 73.2 Å². The summed E-state index contributed by atoms with van der Waals surface area (Å²) in [5.74, 6) is 1.61. The van der Waals surface area contributed by atoms with E-state index in [0.29, 0.717) is 6.61 Å². The molecule has 1 unspecified atom stereocenters. The molecule has 1 aliphatic rings. The fourth-order valence-corrected chi connectivity index (χ4v) is 3.98. The first kappa shape index (κ1) is 22.8. The van der Waals surface area contributed by atoms with Gasteiger partial charge in [0.1, 0.15) is 11.9 Å². The number of halogens is 1. The van der Waals surface area contributed by atoms with Crippen LogP contribution < -0.4 is 9.64 Å². The minimum Gasteiger partial charge on any atom is -0.495 e. The number of hydrogen-bond donors (Lipinski definition) is 0. The number of morpholine rings is 1. The Bertz CT molecular complexity index is 1200. The molecule has 0 N–H and O–H groups in total. The van der Waals surface area contributed by atoms with E-state index in [1.165, 1.54) is 5.56 Å². The number of benzene rings is 2. The molecule has 0 bridgehead atoms. The van der Waals surface area contributed by atoms with E-state index in [-0.39, 0.29) is 18.5 Å². The van der Waals surface area contributed by atoms with Crippen molar-refractivity contribution in [1.29, 1.82) is 0 Å². The Morgan fingerprint density at radius 2 is 1.88 bits per heavy atom. The zero-order valence-corrected chi connectivity index (χ0v) is 19.4. The highest BCUT2D eigenvalue weighted by atomic mass is 35.5. The van der Waals surface area contributed by atoms with E-state index < -0.39 is 0 Å². The Labute approximate surface area is 199 Å². The van der Waals surface area contributed by atoms with E-state index in [4.69, 9.17) is 9.47 Å². The molecule has 4 aromatic rings. The topological polar surface area (TPSA) is 65.3 Å². The van der Waals surface area contributed by atoms with Gasteiger partial charge in [0, 0.05) is 24.8 Å². The molecular weight excluding hydrogens is 438 g/mol. The molecule has 1 aliphatic heterocycles. The number of anilines is 1. The second-order valence-corrected chi connectivity index (χ2v) is 7.80. The first-order chi connectivity index (χ1) is 15.7. The second kappa shape index (κ2) is 10.0. The van der Waals surface area contributed by atoms with E-state index in [9.17, 15) is 0 Å². The van der Waals surface area contributed by atoms with Crippen molar-refractivity contribution < 1.29 is 9.47 Å². The summed E-state index contributed by atoms with van der Waals surface area (Å²) in [6.45, 7) is 4.18. The number of hydrogen-bond acceptors (Lipinski definition) is 6. The monoisotopic (exact) mass is 463 g/mol. The summed E-state index contributed by atoms with van der Waals surface area (Å²) in [6.07, 6.45) is 3.79. The lowest BCUT2D eigenvalue weighted by atomic mass is 10.1. The minimum absolute atomic E-state index is 0. The third kappa shape index (κ3) is 4.84. The Hall–Kier alpha value is -3.42. The molecular formula is C25H26ClN5O2. The van der Waals surface area contributed by atoms with Gasteiger partial charge in [0.25, 0.3) is 0 Å². The normalized spacial score (nSPS) is 15.7. The van der Waals surface area contributed by atoms with Crippen LogP contribution in [-0.4, -0.2) is 46.6 Å². The van der Waals surface area contributed by atoms with Gasteiger partial charge in [-0.1, -0.05) is 36.4 Å². The first-order valence-corrected chi connectivity index (χ1v) is 10.7. The lowest BCUT2D eigenvalue weighted by molar-refractivity contribution is 0.0395. The van der Waals surface area contributed by atoms with Crippen molar-refractivity contribution in [1.82, 2.24) is 19.7 Å². The van der Waals surface area contributed by atoms with Crippen molar-refractivity contribution in [2.24, 2.45) is 0 Å². The van der Waals surface area contributed by atoms with Crippen LogP contribution in [0.4, 0.5) is 5.82 Å². The van der Waals surface area contributed by atoms with E-state index in [1.54, 1.807) is 13.4 Å². The third-order valence-electron chi connectivity index (χ3n) is 5.68. The summed E-state index contributed by atoms with van der Waals surface area (Å²) in [5, 5.41) is 9.01. The molecule has 2 aromatic heterocycles. The summed E-state index contributed by atoms with van der Waals surface area (Å²) < 4.78 is 13.6. The quantitative estimate of drug-likeness (QED) is 0.429. The fraction of sp³-hybridized carbons (Fsp3) is 0.240. The molecule has 7 nitrogen and oxygen atoms in total. The standard InChI is InChI=1S/C25H25N5O2.ClH/c1-18-15-30(17-26-18)22-10-8-20(14-23(22)31-2)21-9-11-25(28-27-21)29-12-13-32-24(16-29)19-6-4-3-5-7-19;/h3-11,14-15,17,24H,12-13,16H2,1-2H3;1H. The second-order valence-electron chi connectivity index (χ2n) is 7.80. The summed E-state index contributed by atoms with van der Waals surface area (Å²) in [6, 6.07) is 20.4. The zero-order chi connectivity index (χ0) is 21.9. The number of aromatic nitrogens is 4. The summed E-state index contributed by atoms with van der Waals surface area (Å²) in [7, 11) is 1.67. The van der Waals surface area contributed by atoms with Gasteiger partial charge in [-0.2, -0.15) is 0 Å². The Morgan fingerprint density at radius 1 is 1.03 bits per heavy atom. The van der Waals surface area contributed by atoms with Gasteiger partial charge in [0.15, 0.2) is 5.82 Å². The molecule has 0 saturated carbocycles. The molecule has 0 aliphatic carbocycles. The van der Waals surface area contributed by atoms with Crippen molar-refractivity contribution in [3.8, 4) is 22.7 Å². The first-order valence-electron chi connectivity index (χ1n) is 10.7. The smallest absolute Gasteiger partial charge is 0.151 e. The Balaban J connectivity index is 0.00000259. The molecule has 5 rings (SSSR count). The fourth-order valence-electron chi connectivity index (χ4n) is 3.98. The van der Waals surface area contributed by atoms with Gasteiger partial charge >= 0.3 is 0 Å². The SMILES string of the molecule is COc1cc(-c2ccc(N3CCOC(c4ccccc4)C3)nn2)ccc1-n1cnc(C)c1.Cl. The van der Waals surface area contributed by atoms with Gasteiger partial charge in [-0.3, -0.25) is 0 Å². The molecule has 8 heteroatoms. The van der Waals surface area contributed by atoms with Crippen LogP contribution >= 0.6 is 12.4 Å². The predicted octanol–water partition coefficient (Wildman–Crippen LogP) is 4.65. The highest BCUT2D eigenvalue weighted by Crippen LogP contribution is 2.30. The number of rotatable bonds is 5. The zero-order valence-electron chi connectivity index (χ0n) is 18.6. The minimum atomic E-state index is 0. The molecule has 3 heterocycles. The van der Waals surface area contributed by atoms with E-state index >= 15 is 0 Å². The van der Waals surface area contributed by atoms with Crippen LogP contribution in [0.2, 0.25) is 0 Å².